The first kappa shape index (κ1) is 81.2. The van der Waals surface area contributed by atoms with Crippen molar-refractivity contribution in [2.75, 3.05) is 0 Å². The zero-order valence-electron chi connectivity index (χ0n) is 54.9. The molecule has 11 aromatic carbocycles. The van der Waals surface area contributed by atoms with Crippen molar-refractivity contribution in [2.45, 2.75) is 99.4 Å². The summed E-state index contributed by atoms with van der Waals surface area (Å²) in [5.41, 5.74) is 15.7. The second-order valence-electron chi connectivity index (χ2n) is 22.9. The number of hydrogen-bond acceptors (Lipinski definition) is 9. The van der Waals surface area contributed by atoms with Crippen molar-refractivity contribution >= 4 is 52.1 Å². The Balaban J connectivity index is 0.000000243. The molecule has 0 bridgehead atoms. The molecule has 0 radical (unpaired) electrons. The van der Waals surface area contributed by atoms with E-state index in [4.69, 9.17) is 0 Å². The molecular weight excluding hydrogens is 1610 g/mol. The van der Waals surface area contributed by atoms with E-state index in [1.807, 2.05) is 0 Å². The van der Waals surface area contributed by atoms with Crippen LogP contribution in [0.25, 0.3) is 22.3 Å². The van der Waals surface area contributed by atoms with Crippen LogP contribution >= 0.6 is 0 Å². The zero-order valence-corrected chi connectivity index (χ0v) is 61.2. The molecule has 9 nitrogen and oxygen atoms in total. The Morgan fingerprint density at radius 1 is 0.250 bits per heavy atom. The highest BCUT2D eigenvalue weighted by Gasteiger charge is 2.36. The van der Waals surface area contributed by atoms with Crippen molar-refractivity contribution in [1.82, 2.24) is 0 Å². The first-order chi connectivity index (χ1) is 48.5. The Bertz CT molecular complexity index is 4880. The smallest absolute Gasteiger partial charge is 0.357 e. The summed E-state index contributed by atoms with van der Waals surface area (Å²) in [6, 6.07) is 64.9. The third kappa shape index (κ3) is 18.2. The molecule has 11 aromatic rings. The van der Waals surface area contributed by atoms with E-state index in [0.717, 1.165) is 0 Å². The minimum absolute atomic E-state index is 0.176. The molecule has 11 rings (SSSR count). The summed E-state index contributed by atoms with van der Waals surface area (Å²) < 4.78 is 282. The van der Waals surface area contributed by atoms with Crippen LogP contribution in [0.3, 0.4) is 0 Å². The maximum atomic E-state index is 12.6. The highest BCUT2D eigenvalue weighted by atomic mass is 127. The fraction of sp³-hybridized carbons (Fsp3) is 0.108. The third-order valence-corrected chi connectivity index (χ3v) is 25.6. The second-order valence-corrected chi connectivity index (χ2v) is 33.8. The van der Waals surface area contributed by atoms with Gasteiger partial charge in [-0.05, 0) is 199 Å². The van der Waals surface area contributed by atoms with E-state index < -0.39 is 132 Å². The molecular formula is C74H52F15IO9S5. The van der Waals surface area contributed by atoms with Crippen LogP contribution in [-0.2, 0) is 52.1 Å². The lowest BCUT2D eigenvalue weighted by Crippen LogP contribution is -3.61. The van der Waals surface area contributed by atoms with E-state index in [1.54, 1.807) is 0 Å². The van der Waals surface area contributed by atoms with Crippen LogP contribution in [0.1, 0.15) is 44.5 Å². The summed E-state index contributed by atoms with van der Waals surface area (Å²) in [6.07, 6.45) is 0. The van der Waals surface area contributed by atoms with Gasteiger partial charge in [-0.1, -0.05) is 70.8 Å². The van der Waals surface area contributed by atoms with E-state index in [2.05, 4.69) is 225 Å². The lowest BCUT2D eigenvalue weighted by atomic mass is 10.1. The van der Waals surface area contributed by atoms with Gasteiger partial charge in [0.2, 0.25) is 17.5 Å². The summed E-state index contributed by atoms with van der Waals surface area (Å²) in [6.45, 7) is 17.8. The molecule has 104 heavy (non-hydrogen) atoms. The summed E-state index contributed by atoms with van der Waals surface area (Å²) in [4.78, 5) is 1.20. The van der Waals surface area contributed by atoms with Gasteiger partial charge in [0.05, 0.1) is 21.8 Å². The SMILES string of the molecule is Cc1ccc([S+](c2ccc(-c3ccc([I+]c4ccc(-c5ccc([S+](c6ccc(C)cc6C)c6ccc(C)cc6C)cc5)cc4)cc3)cc2)c2ccc(C)cc2C)c(C)c1.O=S(=O)([O-])c1c(F)c(F)c(F)c(F)c1F.O=S(=O)([O-])c1c(F)c(F)c(F)c(F)c1F.O=S(=O)([O-])c1c(F)c(F)c(F)c(F)c1F. The van der Waals surface area contributed by atoms with Crippen LogP contribution in [0.5, 0.6) is 0 Å². The van der Waals surface area contributed by atoms with E-state index >= 15 is 0 Å². The van der Waals surface area contributed by atoms with E-state index in [9.17, 15) is 105 Å². The zero-order chi connectivity index (χ0) is 77.1. The number of aryl methyl sites for hydroxylation is 8. The van der Waals surface area contributed by atoms with Gasteiger partial charge in [-0.15, -0.1) is 0 Å². The van der Waals surface area contributed by atoms with Crippen molar-refractivity contribution < 1.29 is 126 Å². The molecule has 0 spiro atoms. The molecule has 30 heteroatoms. The number of halogens is 16. The average Bonchev–Trinajstić information content (AvgIpc) is 0.824. The van der Waals surface area contributed by atoms with Crippen LogP contribution in [0.2, 0.25) is 0 Å². The molecule has 0 saturated heterocycles. The van der Waals surface area contributed by atoms with Gasteiger partial charge in [-0.25, -0.2) is 91.1 Å². The van der Waals surface area contributed by atoms with Gasteiger partial charge in [0, 0.05) is 22.3 Å². The van der Waals surface area contributed by atoms with Gasteiger partial charge in [-0.2, -0.15) is 0 Å². The third-order valence-electron chi connectivity index (χ3n) is 15.2. The minimum atomic E-state index is -5.77. The lowest BCUT2D eigenvalue weighted by molar-refractivity contribution is -0.597. The molecule has 0 heterocycles. The molecule has 0 N–H and O–H groups in total. The lowest BCUT2D eigenvalue weighted by Gasteiger charge is -2.13. The monoisotopic (exact) mass is 1660 g/mol. The van der Waals surface area contributed by atoms with Gasteiger partial charge in [0.15, 0.2) is 106 Å². The van der Waals surface area contributed by atoms with Gasteiger partial charge < -0.3 is 13.7 Å². The van der Waals surface area contributed by atoms with Gasteiger partial charge in [0.25, 0.3) is 0 Å². The van der Waals surface area contributed by atoms with Crippen molar-refractivity contribution in [3.63, 3.8) is 0 Å². The van der Waals surface area contributed by atoms with Crippen molar-refractivity contribution in [1.29, 1.82) is 0 Å². The Morgan fingerprint density at radius 3 is 0.596 bits per heavy atom. The highest BCUT2D eigenvalue weighted by Crippen LogP contribution is 2.39. The van der Waals surface area contributed by atoms with E-state index in [-0.39, 0.29) is 43.0 Å². The summed E-state index contributed by atoms with van der Waals surface area (Å²) in [7, 11) is -17.7. The van der Waals surface area contributed by atoms with Crippen molar-refractivity contribution in [3.05, 3.63) is 309 Å². The molecule has 0 aromatic heterocycles. The standard InChI is InChI=1S/C56H52IS2.3C6HF5O3S/c1-37-9-29-53(41(5)33-37)58(54-30-10-38(2)34-42(54)6)51-25-17-47(18-26-51)45-13-21-49(22-14-45)57-50-23-15-46(16-24-50)48-19-27-52(28-20-48)59(55-31-11-39(3)35-43(55)7)56-32-12-40(4)36-44(56)8;3*7-1-2(8)4(10)6(15(12,13)14)5(11)3(1)9/h9-36H,1-8H3;3*(H,12,13,14)/q+3;;;/p-3. The topological polar surface area (TPSA) is 172 Å². The van der Waals surface area contributed by atoms with Gasteiger partial charge >= 0.3 is 21.2 Å². The number of benzene rings is 11. The summed E-state index contributed by atoms with van der Waals surface area (Å²) in [5.74, 6) is -38.5. The van der Waals surface area contributed by atoms with Crippen molar-refractivity contribution in [2.24, 2.45) is 0 Å². The first-order valence-corrected chi connectivity index (χ1v) is 38.6. The van der Waals surface area contributed by atoms with Crippen LogP contribution in [0, 0.1) is 150 Å². The van der Waals surface area contributed by atoms with Crippen LogP contribution in [-0.4, -0.2) is 38.9 Å². The van der Waals surface area contributed by atoms with E-state index in [1.165, 1.54) is 103 Å². The predicted octanol–water partition coefficient (Wildman–Crippen LogP) is 15.7. The Hall–Kier alpha value is -8.47. The first-order valence-electron chi connectivity index (χ1n) is 29.8. The fourth-order valence-corrected chi connectivity index (χ4v) is 19.0. The number of hydrogen-bond donors (Lipinski definition) is 0. The minimum Gasteiger partial charge on any atom is -0.744 e. The van der Waals surface area contributed by atoms with Gasteiger partial charge in [-0.3, -0.25) is 0 Å². The average molecular weight is 1660 g/mol. The molecule has 0 amide bonds. The van der Waals surface area contributed by atoms with Crippen LogP contribution < -0.4 is 21.2 Å². The highest BCUT2D eigenvalue weighted by molar-refractivity contribution is 7.97. The summed E-state index contributed by atoms with van der Waals surface area (Å²) >= 11 is -0.291. The van der Waals surface area contributed by atoms with Crippen LogP contribution in [0.15, 0.2) is 214 Å². The quantitative estimate of drug-likeness (QED) is 0.0272. The Kier molecular flexibility index (Phi) is 25.7. The fourth-order valence-electron chi connectivity index (χ4n) is 10.4. The molecule has 544 valence electrons. The second kappa shape index (κ2) is 32.9. The maximum absolute atomic E-state index is 12.6. The van der Waals surface area contributed by atoms with Crippen LogP contribution in [0.4, 0.5) is 65.9 Å². The summed E-state index contributed by atoms with van der Waals surface area (Å²) in [5, 5.41) is 0. The van der Waals surface area contributed by atoms with Gasteiger partial charge in [0.1, 0.15) is 45.0 Å². The normalized spacial score (nSPS) is 11.6. The van der Waals surface area contributed by atoms with E-state index in [0.29, 0.717) is 0 Å². The molecule has 0 aliphatic rings. The molecule has 0 fully saturated rings. The molecule has 0 atom stereocenters. The molecule has 0 unspecified atom stereocenters. The number of rotatable bonds is 13. The molecule has 0 saturated carbocycles. The maximum Gasteiger partial charge on any atom is 0.357 e. The Morgan fingerprint density at radius 2 is 0.423 bits per heavy atom. The largest absolute Gasteiger partial charge is 0.744 e. The van der Waals surface area contributed by atoms with Crippen molar-refractivity contribution in [3.8, 4) is 22.3 Å². The predicted molar refractivity (Wildman–Crippen MR) is 352 cm³/mol. The Labute approximate surface area is 604 Å². The molecule has 0 aliphatic carbocycles. The molecule has 0 aliphatic heterocycles.